The van der Waals surface area contributed by atoms with Crippen LogP contribution in [0.2, 0.25) is 0 Å². The summed E-state index contributed by atoms with van der Waals surface area (Å²) in [4.78, 5) is 0.114. The zero-order chi connectivity index (χ0) is 19.7. The predicted octanol–water partition coefficient (Wildman–Crippen LogP) is 3.37. The molecule has 0 bridgehead atoms. The Balaban J connectivity index is 1.76. The van der Waals surface area contributed by atoms with Gasteiger partial charge in [0.15, 0.2) is 11.5 Å². The van der Waals surface area contributed by atoms with Crippen molar-refractivity contribution in [3.63, 3.8) is 0 Å². The predicted molar refractivity (Wildman–Crippen MR) is 104 cm³/mol. The Labute approximate surface area is 159 Å². The van der Waals surface area contributed by atoms with Crippen molar-refractivity contribution in [2.75, 3.05) is 14.2 Å². The van der Waals surface area contributed by atoms with Crippen LogP contribution in [0.3, 0.4) is 0 Å². The Hall–Kier alpha value is -2.51. The quantitative estimate of drug-likeness (QED) is 0.820. The van der Waals surface area contributed by atoms with Crippen molar-refractivity contribution in [2.24, 2.45) is 0 Å². The summed E-state index contributed by atoms with van der Waals surface area (Å²) in [5, 5.41) is 0. The lowest BCUT2D eigenvalue weighted by atomic mass is 10.0. The SMILES string of the molecule is COc1ccc(S(=O)(=O)NCc2ccc3c(c2)C=CC(C)(C)O3)cc1OC. The highest BCUT2D eigenvalue weighted by Gasteiger charge is 2.22. The van der Waals surface area contributed by atoms with E-state index in [1.807, 2.05) is 44.2 Å². The summed E-state index contributed by atoms with van der Waals surface area (Å²) in [5.74, 6) is 1.62. The van der Waals surface area contributed by atoms with E-state index in [9.17, 15) is 8.42 Å². The summed E-state index contributed by atoms with van der Waals surface area (Å²) >= 11 is 0. The molecule has 2 aromatic carbocycles. The van der Waals surface area contributed by atoms with Crippen molar-refractivity contribution in [3.05, 3.63) is 53.6 Å². The molecule has 0 unspecified atom stereocenters. The van der Waals surface area contributed by atoms with Crippen molar-refractivity contribution in [2.45, 2.75) is 30.9 Å². The molecule has 7 heteroatoms. The molecule has 144 valence electrons. The Morgan fingerprint density at radius 1 is 1.04 bits per heavy atom. The van der Waals surface area contributed by atoms with E-state index in [0.717, 1.165) is 16.9 Å². The third-order valence-corrected chi connectivity index (χ3v) is 5.64. The Kier molecular flexibility index (Phi) is 5.17. The molecule has 0 saturated carbocycles. The van der Waals surface area contributed by atoms with Crippen LogP contribution in [-0.2, 0) is 16.6 Å². The van der Waals surface area contributed by atoms with Crippen molar-refractivity contribution in [1.29, 1.82) is 0 Å². The summed E-state index contributed by atoms with van der Waals surface area (Å²) in [7, 11) is -0.727. The van der Waals surface area contributed by atoms with Gasteiger partial charge in [-0.3, -0.25) is 0 Å². The molecule has 0 atom stereocenters. The molecule has 1 heterocycles. The number of nitrogens with one attached hydrogen (secondary N) is 1. The van der Waals surface area contributed by atoms with E-state index in [1.54, 1.807) is 6.07 Å². The molecule has 0 saturated heterocycles. The number of hydrogen-bond donors (Lipinski definition) is 1. The summed E-state index contributed by atoms with van der Waals surface area (Å²) < 4.78 is 44.0. The Bertz CT molecular complexity index is 980. The maximum absolute atomic E-state index is 12.6. The van der Waals surface area contributed by atoms with Crippen LogP contribution < -0.4 is 18.9 Å². The second kappa shape index (κ2) is 7.25. The van der Waals surface area contributed by atoms with Crippen LogP contribution in [0.25, 0.3) is 6.08 Å². The Morgan fingerprint density at radius 2 is 1.78 bits per heavy atom. The van der Waals surface area contributed by atoms with E-state index < -0.39 is 10.0 Å². The first-order valence-corrected chi connectivity index (χ1v) is 9.95. The lowest BCUT2D eigenvalue weighted by molar-refractivity contribution is 0.159. The molecule has 1 N–H and O–H groups in total. The highest BCUT2D eigenvalue weighted by molar-refractivity contribution is 7.89. The van der Waals surface area contributed by atoms with Crippen LogP contribution in [0.1, 0.15) is 25.0 Å². The van der Waals surface area contributed by atoms with Gasteiger partial charge >= 0.3 is 0 Å². The average Bonchev–Trinajstić information content (AvgIpc) is 2.65. The van der Waals surface area contributed by atoms with E-state index >= 15 is 0 Å². The van der Waals surface area contributed by atoms with Gasteiger partial charge in [0.1, 0.15) is 11.4 Å². The molecule has 0 radical (unpaired) electrons. The molecule has 0 aromatic heterocycles. The minimum atomic E-state index is -3.69. The van der Waals surface area contributed by atoms with Crippen molar-refractivity contribution >= 4 is 16.1 Å². The monoisotopic (exact) mass is 389 g/mol. The van der Waals surface area contributed by atoms with Gasteiger partial charge in [-0.2, -0.15) is 0 Å². The van der Waals surface area contributed by atoms with E-state index in [4.69, 9.17) is 14.2 Å². The van der Waals surface area contributed by atoms with E-state index in [1.165, 1.54) is 26.4 Å². The van der Waals surface area contributed by atoms with Crippen LogP contribution in [0, 0.1) is 0 Å². The highest BCUT2D eigenvalue weighted by atomic mass is 32.2. The fourth-order valence-electron chi connectivity index (χ4n) is 2.78. The van der Waals surface area contributed by atoms with Gasteiger partial charge in [0.25, 0.3) is 0 Å². The Morgan fingerprint density at radius 3 is 2.48 bits per heavy atom. The van der Waals surface area contributed by atoms with E-state index in [0.29, 0.717) is 11.5 Å². The van der Waals surface area contributed by atoms with Gasteiger partial charge in [-0.15, -0.1) is 0 Å². The maximum Gasteiger partial charge on any atom is 0.241 e. The van der Waals surface area contributed by atoms with Crippen molar-refractivity contribution in [3.8, 4) is 17.2 Å². The number of hydrogen-bond acceptors (Lipinski definition) is 5. The lowest BCUT2D eigenvalue weighted by Gasteiger charge is -2.28. The van der Waals surface area contributed by atoms with Gasteiger partial charge in [-0.1, -0.05) is 12.1 Å². The summed E-state index contributed by atoms with van der Waals surface area (Å²) in [6.07, 6.45) is 3.97. The van der Waals surface area contributed by atoms with E-state index in [-0.39, 0.29) is 17.0 Å². The molecular formula is C20H23NO5S. The first kappa shape index (κ1) is 19.3. The van der Waals surface area contributed by atoms with Gasteiger partial charge in [0.05, 0.1) is 19.1 Å². The van der Waals surface area contributed by atoms with Gasteiger partial charge in [0.2, 0.25) is 10.0 Å². The van der Waals surface area contributed by atoms with Gasteiger partial charge in [-0.25, -0.2) is 13.1 Å². The van der Waals surface area contributed by atoms with Crippen LogP contribution >= 0.6 is 0 Å². The molecule has 27 heavy (non-hydrogen) atoms. The highest BCUT2D eigenvalue weighted by Crippen LogP contribution is 2.32. The first-order valence-electron chi connectivity index (χ1n) is 8.47. The van der Waals surface area contributed by atoms with Gasteiger partial charge < -0.3 is 14.2 Å². The van der Waals surface area contributed by atoms with Crippen molar-refractivity contribution < 1.29 is 22.6 Å². The van der Waals surface area contributed by atoms with Crippen LogP contribution in [0.15, 0.2) is 47.4 Å². The summed E-state index contributed by atoms with van der Waals surface area (Å²) in [6, 6.07) is 10.1. The lowest BCUT2D eigenvalue weighted by Crippen LogP contribution is -2.27. The summed E-state index contributed by atoms with van der Waals surface area (Å²) in [6.45, 7) is 4.14. The zero-order valence-electron chi connectivity index (χ0n) is 15.8. The molecule has 6 nitrogen and oxygen atoms in total. The molecule has 3 rings (SSSR count). The molecule has 0 aliphatic carbocycles. The second-order valence-electron chi connectivity index (χ2n) is 6.75. The largest absolute Gasteiger partial charge is 0.493 e. The first-order chi connectivity index (χ1) is 12.7. The third-order valence-electron chi connectivity index (χ3n) is 4.24. The maximum atomic E-state index is 12.6. The zero-order valence-corrected chi connectivity index (χ0v) is 16.6. The third kappa shape index (κ3) is 4.26. The average molecular weight is 389 g/mol. The topological polar surface area (TPSA) is 73.9 Å². The van der Waals surface area contributed by atoms with Crippen LogP contribution in [0.5, 0.6) is 17.2 Å². The van der Waals surface area contributed by atoms with Gasteiger partial charge in [-0.05, 0) is 49.8 Å². The minimum Gasteiger partial charge on any atom is -0.493 e. The number of sulfonamides is 1. The molecule has 1 aliphatic rings. The van der Waals surface area contributed by atoms with Crippen molar-refractivity contribution in [1.82, 2.24) is 4.72 Å². The number of rotatable bonds is 6. The number of ether oxygens (including phenoxy) is 3. The van der Waals surface area contributed by atoms with E-state index in [2.05, 4.69) is 4.72 Å². The van der Waals surface area contributed by atoms with Gasteiger partial charge in [0, 0.05) is 18.2 Å². The smallest absolute Gasteiger partial charge is 0.241 e. The number of fused-ring (bicyclic) bond motifs is 1. The fourth-order valence-corrected chi connectivity index (χ4v) is 3.82. The molecule has 0 spiro atoms. The molecule has 0 fully saturated rings. The second-order valence-corrected chi connectivity index (χ2v) is 8.52. The van der Waals surface area contributed by atoms with Crippen LogP contribution in [0.4, 0.5) is 0 Å². The molecule has 1 aliphatic heterocycles. The number of methoxy groups -OCH3 is 2. The molecular weight excluding hydrogens is 366 g/mol. The fraction of sp³-hybridized carbons (Fsp3) is 0.300. The van der Waals surface area contributed by atoms with Crippen LogP contribution in [-0.4, -0.2) is 28.2 Å². The normalized spacial score (nSPS) is 15.0. The minimum absolute atomic E-state index is 0.114. The molecule has 0 amide bonds. The summed E-state index contributed by atoms with van der Waals surface area (Å²) in [5.41, 5.74) is 1.42. The number of benzene rings is 2. The standard InChI is InChI=1S/C20H23NO5S/c1-20(2)10-9-15-11-14(5-7-17(15)26-20)13-21-27(22,23)16-6-8-18(24-3)19(12-16)25-4/h5-12,21H,13H2,1-4H3. The molecule has 2 aromatic rings.